The highest BCUT2D eigenvalue weighted by atomic mass is 16.6. The molecular formula is C10H12N2O2. The van der Waals surface area contributed by atoms with Crippen LogP contribution in [-0.4, -0.2) is 19.1 Å². The van der Waals surface area contributed by atoms with Crippen LogP contribution in [0.25, 0.3) is 0 Å². The first-order chi connectivity index (χ1) is 6.81. The molecule has 1 aliphatic heterocycles. The van der Waals surface area contributed by atoms with Gasteiger partial charge in [0.25, 0.3) is 5.91 Å². The zero-order valence-electron chi connectivity index (χ0n) is 7.91. The second-order valence-corrected chi connectivity index (χ2v) is 3.23. The van der Waals surface area contributed by atoms with E-state index in [4.69, 9.17) is 0 Å². The first kappa shape index (κ1) is 9.02. The van der Waals surface area contributed by atoms with Crippen LogP contribution in [0.5, 0.6) is 0 Å². The number of nitrogens with one attached hydrogen (secondary N) is 2. The zero-order chi connectivity index (χ0) is 9.97. The van der Waals surface area contributed by atoms with Gasteiger partial charge in [-0.05, 0) is 11.6 Å². The molecule has 0 aliphatic carbocycles. The van der Waals surface area contributed by atoms with Gasteiger partial charge in [-0.1, -0.05) is 18.2 Å². The molecule has 2 N–H and O–H groups in total. The predicted octanol–water partition coefficient (Wildman–Crippen LogP) is 0.701. The van der Waals surface area contributed by atoms with Gasteiger partial charge in [-0.25, -0.2) is 5.48 Å². The van der Waals surface area contributed by atoms with E-state index in [-0.39, 0.29) is 11.9 Å². The normalized spacial score (nSPS) is 18.5. The van der Waals surface area contributed by atoms with Crippen molar-refractivity contribution in [2.45, 2.75) is 12.5 Å². The van der Waals surface area contributed by atoms with Crippen molar-refractivity contribution in [3.05, 3.63) is 29.8 Å². The third-order valence-electron chi connectivity index (χ3n) is 2.29. The van der Waals surface area contributed by atoms with Crippen molar-refractivity contribution in [3.63, 3.8) is 0 Å². The predicted molar refractivity (Wildman–Crippen MR) is 52.7 cm³/mol. The van der Waals surface area contributed by atoms with Gasteiger partial charge in [0.15, 0.2) is 0 Å². The maximum Gasteiger partial charge on any atom is 0.266 e. The number of carbonyl (C=O) groups excluding carboxylic acids is 1. The van der Waals surface area contributed by atoms with Gasteiger partial charge < -0.3 is 5.32 Å². The van der Waals surface area contributed by atoms with Crippen molar-refractivity contribution in [2.75, 3.05) is 12.4 Å². The number of benzene rings is 1. The van der Waals surface area contributed by atoms with Crippen LogP contribution in [0.15, 0.2) is 24.3 Å². The van der Waals surface area contributed by atoms with Gasteiger partial charge in [0, 0.05) is 12.1 Å². The minimum Gasteiger partial charge on any atom is -0.373 e. The van der Waals surface area contributed by atoms with Crippen LogP contribution in [-0.2, 0) is 16.1 Å². The van der Waals surface area contributed by atoms with E-state index in [1.54, 1.807) is 0 Å². The minimum absolute atomic E-state index is 0.135. The van der Waals surface area contributed by atoms with Gasteiger partial charge >= 0.3 is 0 Å². The molecule has 0 bridgehead atoms. The van der Waals surface area contributed by atoms with Crippen LogP contribution in [0.3, 0.4) is 0 Å². The topological polar surface area (TPSA) is 50.4 Å². The Morgan fingerprint density at radius 3 is 3.07 bits per heavy atom. The molecule has 1 amide bonds. The Hall–Kier alpha value is -1.55. The van der Waals surface area contributed by atoms with Crippen LogP contribution in [0.2, 0.25) is 0 Å². The van der Waals surface area contributed by atoms with Gasteiger partial charge in [-0.2, -0.15) is 0 Å². The summed E-state index contributed by atoms with van der Waals surface area (Å²) in [4.78, 5) is 16.0. The van der Waals surface area contributed by atoms with Gasteiger partial charge in [0.1, 0.15) is 6.04 Å². The molecular weight excluding hydrogens is 180 g/mol. The number of hydroxylamine groups is 1. The standard InChI is InChI=1S/C10H12N2O2/c1-14-12-10(13)9-6-7-4-2-3-5-8(7)11-9/h2-5,9,11H,6H2,1H3,(H,12,13). The van der Waals surface area contributed by atoms with Crippen molar-refractivity contribution in [3.8, 4) is 0 Å². The molecule has 0 spiro atoms. The van der Waals surface area contributed by atoms with E-state index >= 15 is 0 Å². The quantitative estimate of drug-likeness (QED) is 0.678. The molecule has 0 aromatic heterocycles. The Morgan fingerprint density at radius 2 is 2.36 bits per heavy atom. The molecule has 0 fully saturated rings. The molecule has 0 radical (unpaired) electrons. The number of carbonyl (C=O) groups is 1. The number of para-hydroxylation sites is 1. The average molecular weight is 192 g/mol. The molecule has 2 rings (SSSR count). The SMILES string of the molecule is CONC(=O)C1Cc2ccccc2N1. The van der Waals surface area contributed by atoms with Crippen LogP contribution < -0.4 is 10.8 Å². The summed E-state index contributed by atoms with van der Waals surface area (Å²) in [6, 6.07) is 7.68. The summed E-state index contributed by atoms with van der Waals surface area (Å²) in [6.07, 6.45) is 0.714. The van der Waals surface area contributed by atoms with Gasteiger partial charge in [0.05, 0.1) is 7.11 Å². The van der Waals surface area contributed by atoms with Gasteiger partial charge in [-0.15, -0.1) is 0 Å². The third-order valence-corrected chi connectivity index (χ3v) is 2.29. The number of rotatable bonds is 2. The fraction of sp³-hybridized carbons (Fsp3) is 0.300. The van der Waals surface area contributed by atoms with Crippen LogP contribution in [0, 0.1) is 0 Å². The van der Waals surface area contributed by atoms with Crippen molar-refractivity contribution in [1.82, 2.24) is 5.48 Å². The number of anilines is 1. The number of amides is 1. The Balaban J connectivity index is 2.08. The van der Waals surface area contributed by atoms with E-state index in [1.165, 1.54) is 12.7 Å². The minimum atomic E-state index is -0.215. The Bertz CT molecular complexity index is 327. The molecule has 1 unspecified atom stereocenters. The summed E-state index contributed by atoms with van der Waals surface area (Å²) in [6.45, 7) is 0. The first-order valence-electron chi connectivity index (χ1n) is 4.48. The summed E-state index contributed by atoms with van der Waals surface area (Å²) in [5.74, 6) is -0.135. The Labute approximate surface area is 82.2 Å². The monoisotopic (exact) mass is 192 g/mol. The fourth-order valence-electron chi connectivity index (χ4n) is 1.63. The number of hydrogen-bond acceptors (Lipinski definition) is 3. The molecule has 1 atom stereocenters. The Kier molecular flexibility index (Phi) is 2.37. The van der Waals surface area contributed by atoms with Crippen LogP contribution in [0.4, 0.5) is 5.69 Å². The van der Waals surface area contributed by atoms with Gasteiger partial charge in [-0.3, -0.25) is 9.63 Å². The lowest BCUT2D eigenvalue weighted by Crippen LogP contribution is -2.37. The van der Waals surface area contributed by atoms with E-state index in [0.717, 1.165) is 5.69 Å². The lowest BCUT2D eigenvalue weighted by molar-refractivity contribution is -0.131. The molecule has 4 heteroatoms. The molecule has 0 saturated heterocycles. The van der Waals surface area contributed by atoms with E-state index in [1.807, 2.05) is 24.3 Å². The highest BCUT2D eigenvalue weighted by Gasteiger charge is 2.25. The lowest BCUT2D eigenvalue weighted by atomic mass is 10.1. The first-order valence-corrected chi connectivity index (χ1v) is 4.48. The molecule has 1 heterocycles. The maximum atomic E-state index is 11.4. The molecule has 1 aromatic rings. The lowest BCUT2D eigenvalue weighted by Gasteiger charge is -2.09. The largest absolute Gasteiger partial charge is 0.373 e. The summed E-state index contributed by atoms with van der Waals surface area (Å²) in [5, 5.41) is 3.13. The van der Waals surface area contributed by atoms with Crippen molar-refractivity contribution < 1.29 is 9.63 Å². The zero-order valence-corrected chi connectivity index (χ0v) is 7.91. The smallest absolute Gasteiger partial charge is 0.266 e. The summed E-state index contributed by atoms with van der Waals surface area (Å²) >= 11 is 0. The molecule has 14 heavy (non-hydrogen) atoms. The van der Waals surface area contributed by atoms with Crippen molar-refractivity contribution >= 4 is 11.6 Å². The van der Waals surface area contributed by atoms with Crippen molar-refractivity contribution in [1.29, 1.82) is 0 Å². The average Bonchev–Trinajstić information content (AvgIpc) is 2.61. The van der Waals surface area contributed by atoms with E-state index in [0.29, 0.717) is 6.42 Å². The fourth-order valence-corrected chi connectivity index (χ4v) is 1.63. The molecule has 0 saturated carbocycles. The summed E-state index contributed by atoms with van der Waals surface area (Å²) < 4.78 is 0. The van der Waals surface area contributed by atoms with Crippen molar-refractivity contribution in [2.24, 2.45) is 0 Å². The highest BCUT2D eigenvalue weighted by Crippen LogP contribution is 2.24. The van der Waals surface area contributed by atoms with E-state index < -0.39 is 0 Å². The Morgan fingerprint density at radius 1 is 1.57 bits per heavy atom. The number of fused-ring (bicyclic) bond motifs is 1. The maximum absolute atomic E-state index is 11.4. The third kappa shape index (κ3) is 1.56. The van der Waals surface area contributed by atoms with Gasteiger partial charge in [0.2, 0.25) is 0 Å². The second-order valence-electron chi connectivity index (χ2n) is 3.23. The second kappa shape index (κ2) is 3.67. The van der Waals surface area contributed by atoms with E-state index in [9.17, 15) is 4.79 Å². The molecule has 1 aromatic carbocycles. The van der Waals surface area contributed by atoms with Crippen LogP contribution in [0.1, 0.15) is 5.56 Å². The summed E-state index contributed by atoms with van der Waals surface area (Å²) in [7, 11) is 1.43. The molecule has 4 nitrogen and oxygen atoms in total. The number of hydrogen-bond donors (Lipinski definition) is 2. The highest BCUT2D eigenvalue weighted by molar-refractivity contribution is 5.86. The van der Waals surface area contributed by atoms with E-state index in [2.05, 4.69) is 15.6 Å². The molecule has 1 aliphatic rings. The van der Waals surface area contributed by atoms with Crippen LogP contribution >= 0.6 is 0 Å². The molecule has 74 valence electrons. The summed E-state index contributed by atoms with van der Waals surface area (Å²) in [5.41, 5.74) is 4.52.